The lowest BCUT2D eigenvalue weighted by Gasteiger charge is -2.19. The first kappa shape index (κ1) is 14.2. The van der Waals surface area contributed by atoms with Gasteiger partial charge in [-0.3, -0.25) is 4.79 Å². The monoisotopic (exact) mass is 276 g/mol. The molecule has 0 aliphatic heterocycles. The summed E-state index contributed by atoms with van der Waals surface area (Å²) in [6, 6.07) is 5.67. The highest BCUT2D eigenvalue weighted by Crippen LogP contribution is 2.20. The highest BCUT2D eigenvalue weighted by molar-refractivity contribution is 5.78. The Kier molecular flexibility index (Phi) is 4.47. The van der Waals surface area contributed by atoms with Crippen LogP contribution >= 0.6 is 0 Å². The van der Waals surface area contributed by atoms with E-state index < -0.39 is 6.04 Å². The van der Waals surface area contributed by atoms with Gasteiger partial charge in [-0.1, -0.05) is 12.1 Å². The van der Waals surface area contributed by atoms with Crippen molar-refractivity contribution < 1.29 is 9.18 Å². The maximum absolute atomic E-state index is 13.4. The van der Waals surface area contributed by atoms with E-state index >= 15 is 0 Å². The molecule has 0 radical (unpaired) electrons. The first-order valence-corrected chi connectivity index (χ1v) is 6.28. The minimum absolute atomic E-state index is 0.176. The molecule has 0 aliphatic carbocycles. The van der Waals surface area contributed by atoms with Gasteiger partial charge in [0.15, 0.2) is 0 Å². The predicted octanol–water partition coefficient (Wildman–Crippen LogP) is 0.984. The van der Waals surface area contributed by atoms with E-state index in [-0.39, 0.29) is 18.3 Å². The summed E-state index contributed by atoms with van der Waals surface area (Å²) in [5, 5.41) is 5.64. The maximum atomic E-state index is 13.4. The lowest BCUT2D eigenvalue weighted by molar-refractivity contribution is -0.120. The largest absolute Gasteiger partial charge is 0.341 e. The normalized spacial score (nSPS) is 12.2. The number of imidazole rings is 1. The smallest absolute Gasteiger partial charge is 0.234 e. The van der Waals surface area contributed by atoms with Gasteiger partial charge in [0.2, 0.25) is 5.91 Å². The molecule has 1 atom stereocenters. The van der Waals surface area contributed by atoms with Crippen molar-refractivity contribution in [3.63, 3.8) is 0 Å². The fourth-order valence-corrected chi connectivity index (χ4v) is 2.01. The quantitative estimate of drug-likeness (QED) is 0.856. The van der Waals surface area contributed by atoms with Crippen molar-refractivity contribution in [3.8, 4) is 0 Å². The van der Waals surface area contributed by atoms with Gasteiger partial charge in [-0.15, -0.1) is 0 Å². The Hall–Kier alpha value is -2.21. The molecule has 0 saturated carbocycles. The Morgan fingerprint density at radius 2 is 2.30 bits per heavy atom. The van der Waals surface area contributed by atoms with Crippen molar-refractivity contribution in [1.29, 1.82) is 0 Å². The van der Waals surface area contributed by atoms with Crippen LogP contribution in [0.5, 0.6) is 0 Å². The number of aromatic nitrogens is 2. The average molecular weight is 276 g/mol. The van der Waals surface area contributed by atoms with Gasteiger partial charge in [-0.25, -0.2) is 9.37 Å². The highest BCUT2D eigenvalue weighted by Gasteiger charge is 2.20. The van der Waals surface area contributed by atoms with Crippen molar-refractivity contribution in [1.82, 2.24) is 20.2 Å². The van der Waals surface area contributed by atoms with Crippen LogP contribution in [0.3, 0.4) is 0 Å². The molecule has 0 fully saturated rings. The number of nitrogens with zero attached hydrogens (tertiary/aromatic N) is 2. The van der Waals surface area contributed by atoms with E-state index in [1.807, 2.05) is 7.05 Å². The number of nitrogens with one attached hydrogen (secondary N) is 2. The number of rotatable bonds is 5. The molecule has 1 amide bonds. The summed E-state index contributed by atoms with van der Waals surface area (Å²) in [7, 11) is 3.52. The van der Waals surface area contributed by atoms with Crippen molar-refractivity contribution in [2.24, 2.45) is 7.05 Å². The molecule has 1 unspecified atom stereocenters. The number of amides is 1. The van der Waals surface area contributed by atoms with Crippen LogP contribution in [0, 0.1) is 5.82 Å². The van der Waals surface area contributed by atoms with Crippen LogP contribution in [-0.2, 0) is 11.8 Å². The summed E-state index contributed by atoms with van der Waals surface area (Å²) in [6.45, 7) is 0.191. The van der Waals surface area contributed by atoms with E-state index in [0.29, 0.717) is 11.4 Å². The molecule has 106 valence electrons. The predicted molar refractivity (Wildman–Crippen MR) is 73.5 cm³/mol. The second kappa shape index (κ2) is 6.29. The average Bonchev–Trinajstić information content (AvgIpc) is 2.82. The van der Waals surface area contributed by atoms with Crippen LogP contribution < -0.4 is 10.6 Å². The van der Waals surface area contributed by atoms with Gasteiger partial charge in [0.05, 0.1) is 6.54 Å². The topological polar surface area (TPSA) is 59.0 Å². The lowest BCUT2D eigenvalue weighted by Crippen LogP contribution is -2.36. The number of halogens is 1. The zero-order valence-corrected chi connectivity index (χ0v) is 11.4. The van der Waals surface area contributed by atoms with Crippen molar-refractivity contribution >= 4 is 5.91 Å². The van der Waals surface area contributed by atoms with Crippen LogP contribution in [0.1, 0.15) is 17.4 Å². The molecule has 6 heteroatoms. The molecule has 20 heavy (non-hydrogen) atoms. The molecule has 0 saturated heterocycles. The Morgan fingerprint density at radius 1 is 1.50 bits per heavy atom. The zero-order chi connectivity index (χ0) is 14.5. The van der Waals surface area contributed by atoms with Crippen LogP contribution in [0.2, 0.25) is 0 Å². The van der Waals surface area contributed by atoms with Gasteiger partial charge < -0.3 is 15.2 Å². The molecule has 2 rings (SSSR count). The second-order valence-corrected chi connectivity index (χ2v) is 4.48. The van der Waals surface area contributed by atoms with Gasteiger partial charge in [0, 0.05) is 19.4 Å². The van der Waals surface area contributed by atoms with Crippen LogP contribution in [0.4, 0.5) is 4.39 Å². The molecule has 1 aromatic heterocycles. The van der Waals surface area contributed by atoms with Crippen molar-refractivity contribution in [2.45, 2.75) is 6.04 Å². The number of benzene rings is 1. The molecule has 2 aromatic rings. The molecule has 2 N–H and O–H groups in total. The molecule has 1 heterocycles. The first-order valence-electron chi connectivity index (χ1n) is 6.28. The zero-order valence-electron chi connectivity index (χ0n) is 11.4. The summed E-state index contributed by atoms with van der Waals surface area (Å²) in [4.78, 5) is 16.1. The number of carbonyl (C=O) groups excluding carboxylic acids is 1. The summed E-state index contributed by atoms with van der Waals surface area (Å²) in [5.74, 6) is 0.134. The fraction of sp³-hybridized carbons (Fsp3) is 0.286. The Morgan fingerprint density at radius 3 is 2.90 bits per heavy atom. The molecule has 0 spiro atoms. The van der Waals surface area contributed by atoms with Gasteiger partial charge in [0.1, 0.15) is 17.7 Å². The van der Waals surface area contributed by atoms with E-state index in [4.69, 9.17) is 0 Å². The molecule has 5 nitrogen and oxygen atoms in total. The third-order valence-electron chi connectivity index (χ3n) is 2.94. The highest BCUT2D eigenvalue weighted by atomic mass is 19.1. The molecule has 1 aromatic carbocycles. The standard InChI is InChI=1S/C14H17FN4O/c1-16-9-12(20)18-13(14-17-6-7-19(14)2)10-4-3-5-11(15)8-10/h3-8,13,16H,9H2,1-2H3,(H,18,20). The summed E-state index contributed by atoms with van der Waals surface area (Å²) < 4.78 is 15.2. The van der Waals surface area contributed by atoms with E-state index in [0.717, 1.165) is 0 Å². The summed E-state index contributed by atoms with van der Waals surface area (Å²) in [6.07, 6.45) is 3.43. The van der Waals surface area contributed by atoms with Gasteiger partial charge in [0.25, 0.3) is 0 Å². The first-order chi connectivity index (χ1) is 9.61. The number of hydrogen-bond donors (Lipinski definition) is 2. The fourth-order valence-electron chi connectivity index (χ4n) is 2.01. The molecular formula is C14H17FN4O. The van der Waals surface area contributed by atoms with Gasteiger partial charge >= 0.3 is 0 Å². The Bertz CT molecular complexity index is 596. The minimum Gasteiger partial charge on any atom is -0.341 e. The number of carbonyl (C=O) groups is 1. The third-order valence-corrected chi connectivity index (χ3v) is 2.94. The summed E-state index contributed by atoms with van der Waals surface area (Å²) in [5.41, 5.74) is 0.656. The van der Waals surface area contributed by atoms with E-state index in [1.165, 1.54) is 12.1 Å². The van der Waals surface area contributed by atoms with Gasteiger partial charge in [-0.2, -0.15) is 0 Å². The minimum atomic E-state index is -0.480. The van der Waals surface area contributed by atoms with Crippen molar-refractivity contribution in [2.75, 3.05) is 13.6 Å². The van der Waals surface area contributed by atoms with Crippen LogP contribution in [0.25, 0.3) is 0 Å². The molecular weight excluding hydrogens is 259 g/mol. The molecule has 0 aliphatic rings. The van der Waals surface area contributed by atoms with Crippen LogP contribution in [-0.4, -0.2) is 29.1 Å². The number of aryl methyl sites for hydroxylation is 1. The maximum Gasteiger partial charge on any atom is 0.234 e. The van der Waals surface area contributed by atoms with Crippen molar-refractivity contribution in [3.05, 3.63) is 53.9 Å². The second-order valence-electron chi connectivity index (χ2n) is 4.48. The Balaban J connectivity index is 2.34. The summed E-state index contributed by atoms with van der Waals surface area (Å²) >= 11 is 0. The lowest BCUT2D eigenvalue weighted by atomic mass is 10.1. The number of likely N-dealkylation sites (N-methyl/N-ethyl adjacent to an activating group) is 1. The van der Waals surface area contributed by atoms with E-state index in [9.17, 15) is 9.18 Å². The van der Waals surface area contributed by atoms with E-state index in [2.05, 4.69) is 15.6 Å². The van der Waals surface area contributed by atoms with Gasteiger partial charge in [-0.05, 0) is 24.7 Å². The molecule has 0 bridgehead atoms. The third kappa shape index (κ3) is 3.21. The number of hydrogen-bond acceptors (Lipinski definition) is 3. The SMILES string of the molecule is CNCC(=O)NC(c1cccc(F)c1)c1nccn1C. The Labute approximate surface area is 116 Å². The van der Waals surface area contributed by atoms with E-state index in [1.54, 1.807) is 36.1 Å². The van der Waals surface area contributed by atoms with Crippen LogP contribution in [0.15, 0.2) is 36.7 Å².